The summed E-state index contributed by atoms with van der Waals surface area (Å²) < 4.78 is 7.09. The third-order valence-electron chi connectivity index (χ3n) is 5.92. The first-order valence-electron chi connectivity index (χ1n) is 11.6. The van der Waals surface area contributed by atoms with Crippen LogP contribution in [0.2, 0.25) is 0 Å². The number of aryl methyl sites for hydroxylation is 1. The van der Waals surface area contributed by atoms with Gasteiger partial charge in [0.25, 0.3) is 5.91 Å². The van der Waals surface area contributed by atoms with Crippen LogP contribution in [0.3, 0.4) is 0 Å². The van der Waals surface area contributed by atoms with Gasteiger partial charge < -0.3 is 36.4 Å². The molecule has 13 nitrogen and oxygen atoms in total. The molecule has 1 saturated heterocycles. The Morgan fingerprint density at radius 2 is 1.78 bits per heavy atom. The number of rotatable bonds is 10. The number of aliphatic hydroxyl groups is 2. The molecule has 0 spiro atoms. The highest BCUT2D eigenvalue weighted by atomic mass is 35.5. The molecule has 1 fully saturated rings. The highest BCUT2D eigenvalue weighted by molar-refractivity contribution is 5.85. The Kier molecular flexibility index (Phi) is 9.21. The SMILES string of the molecule is CCNC(=O)[C@H]1O[C@@H](n2cnc3c(N)nc(NCCc4ccc(CCC(=O)O)cc4)nc32)[C@H](O)[C@@H]1O.Cl. The van der Waals surface area contributed by atoms with Gasteiger partial charge in [-0.1, -0.05) is 24.3 Å². The molecule has 4 rings (SSSR count). The fourth-order valence-corrected chi connectivity index (χ4v) is 4.03. The van der Waals surface area contributed by atoms with Crippen molar-refractivity contribution < 1.29 is 29.6 Å². The third kappa shape index (κ3) is 6.25. The van der Waals surface area contributed by atoms with Crippen LogP contribution in [-0.2, 0) is 27.2 Å². The van der Waals surface area contributed by atoms with Gasteiger partial charge in [0.15, 0.2) is 23.8 Å². The summed E-state index contributed by atoms with van der Waals surface area (Å²) in [6.45, 7) is 2.59. The van der Waals surface area contributed by atoms with Crippen LogP contribution in [0.5, 0.6) is 0 Å². The molecule has 0 radical (unpaired) electrons. The molecule has 37 heavy (non-hydrogen) atoms. The molecule has 0 aliphatic carbocycles. The fourth-order valence-electron chi connectivity index (χ4n) is 4.03. The van der Waals surface area contributed by atoms with Crippen molar-refractivity contribution in [3.63, 3.8) is 0 Å². The Labute approximate surface area is 218 Å². The number of aliphatic carboxylic acids is 1. The lowest BCUT2D eigenvalue weighted by atomic mass is 10.1. The number of amides is 1. The summed E-state index contributed by atoms with van der Waals surface area (Å²) in [6, 6.07) is 7.71. The van der Waals surface area contributed by atoms with Gasteiger partial charge in [0.05, 0.1) is 6.33 Å². The smallest absolute Gasteiger partial charge is 0.303 e. The van der Waals surface area contributed by atoms with Crippen molar-refractivity contribution in [3.8, 4) is 0 Å². The summed E-state index contributed by atoms with van der Waals surface area (Å²) in [4.78, 5) is 35.8. The Bertz CT molecular complexity index is 1240. The number of carboxylic acid groups (broad SMARTS) is 1. The van der Waals surface area contributed by atoms with Crippen molar-refractivity contribution in [2.75, 3.05) is 24.1 Å². The zero-order valence-corrected chi connectivity index (χ0v) is 20.9. The minimum absolute atomic E-state index is 0. The Balaban J connectivity index is 0.00000380. The molecule has 0 saturated carbocycles. The largest absolute Gasteiger partial charge is 0.481 e. The average molecular weight is 536 g/mol. The predicted molar refractivity (Wildman–Crippen MR) is 136 cm³/mol. The van der Waals surface area contributed by atoms with E-state index in [1.54, 1.807) is 6.92 Å². The maximum absolute atomic E-state index is 12.2. The number of nitrogen functional groups attached to an aromatic ring is 1. The number of carbonyl (C=O) groups excluding carboxylic acids is 1. The van der Waals surface area contributed by atoms with Crippen molar-refractivity contribution in [1.82, 2.24) is 24.8 Å². The fraction of sp³-hybridized carbons (Fsp3) is 0.435. The number of aromatic nitrogens is 4. The lowest BCUT2D eigenvalue weighted by Gasteiger charge is -2.16. The van der Waals surface area contributed by atoms with E-state index in [0.717, 1.165) is 11.1 Å². The minimum Gasteiger partial charge on any atom is -0.481 e. The number of nitrogens with two attached hydrogens (primary N) is 1. The molecule has 1 aromatic carbocycles. The molecule has 0 unspecified atom stereocenters. The molecule has 4 atom stereocenters. The number of fused-ring (bicyclic) bond motifs is 1. The number of carboxylic acids is 1. The standard InChI is InChI=1S/C23H29N7O6.ClH/c1-2-25-21(35)18-16(33)17(34)22(36-18)30-11-27-15-19(24)28-23(29-20(15)30)26-10-9-13-5-3-12(4-6-13)7-8-14(31)32;/h3-6,11,16-18,22,33-34H,2,7-10H2,1H3,(H,25,35)(H,31,32)(H3,24,26,28,29);1H/t16-,17+,18-,22+;/m0./s1. The second kappa shape index (κ2) is 12.1. The van der Waals surface area contributed by atoms with E-state index in [1.165, 1.54) is 10.9 Å². The maximum Gasteiger partial charge on any atom is 0.303 e. The number of imidazole rings is 1. The number of carbonyl (C=O) groups is 2. The van der Waals surface area contributed by atoms with E-state index in [-0.39, 0.29) is 36.2 Å². The zero-order valence-electron chi connectivity index (χ0n) is 20.1. The van der Waals surface area contributed by atoms with Crippen LogP contribution in [0.15, 0.2) is 30.6 Å². The normalized spacial score (nSPS) is 20.9. The van der Waals surface area contributed by atoms with E-state index in [0.29, 0.717) is 31.4 Å². The van der Waals surface area contributed by atoms with Crippen LogP contribution < -0.4 is 16.4 Å². The molecule has 7 N–H and O–H groups in total. The first kappa shape index (κ1) is 28.1. The van der Waals surface area contributed by atoms with E-state index in [9.17, 15) is 19.8 Å². The zero-order chi connectivity index (χ0) is 25.8. The Hall–Kier alpha value is -3.52. The van der Waals surface area contributed by atoms with Crippen LogP contribution in [0, 0.1) is 0 Å². The van der Waals surface area contributed by atoms with Crippen LogP contribution in [-0.4, -0.2) is 78.1 Å². The molecule has 3 aromatic rings. The topological polar surface area (TPSA) is 198 Å². The van der Waals surface area contributed by atoms with E-state index >= 15 is 0 Å². The number of anilines is 2. The minimum atomic E-state index is -1.42. The van der Waals surface area contributed by atoms with Gasteiger partial charge in [0.1, 0.15) is 17.7 Å². The predicted octanol–water partition coefficient (Wildman–Crippen LogP) is 0.257. The molecule has 1 aliphatic heterocycles. The monoisotopic (exact) mass is 535 g/mol. The van der Waals surface area contributed by atoms with E-state index in [4.69, 9.17) is 15.6 Å². The second-order valence-electron chi connectivity index (χ2n) is 8.47. The third-order valence-corrected chi connectivity index (χ3v) is 5.92. The Morgan fingerprint density at radius 3 is 2.43 bits per heavy atom. The molecular weight excluding hydrogens is 506 g/mol. The number of halogens is 1. The van der Waals surface area contributed by atoms with E-state index in [1.807, 2.05) is 24.3 Å². The van der Waals surface area contributed by atoms with Crippen LogP contribution in [0.4, 0.5) is 11.8 Å². The summed E-state index contributed by atoms with van der Waals surface area (Å²) in [7, 11) is 0. The van der Waals surface area contributed by atoms with Gasteiger partial charge >= 0.3 is 5.97 Å². The summed E-state index contributed by atoms with van der Waals surface area (Å²) in [6.07, 6.45) is -2.56. The van der Waals surface area contributed by atoms with Gasteiger partial charge in [-0.05, 0) is 30.9 Å². The number of hydrogen-bond donors (Lipinski definition) is 6. The summed E-state index contributed by atoms with van der Waals surface area (Å²) in [5.74, 6) is -0.985. The Morgan fingerprint density at radius 1 is 1.11 bits per heavy atom. The second-order valence-corrected chi connectivity index (χ2v) is 8.47. The summed E-state index contributed by atoms with van der Waals surface area (Å²) >= 11 is 0. The average Bonchev–Trinajstić information content (AvgIpc) is 3.40. The summed E-state index contributed by atoms with van der Waals surface area (Å²) in [5, 5.41) is 35.4. The van der Waals surface area contributed by atoms with Crippen molar-refractivity contribution in [3.05, 3.63) is 41.7 Å². The number of nitrogens with one attached hydrogen (secondary N) is 2. The number of benzene rings is 1. The lowest BCUT2D eigenvalue weighted by molar-refractivity contribution is -0.138. The van der Waals surface area contributed by atoms with Gasteiger partial charge in [-0.15, -0.1) is 12.4 Å². The lowest BCUT2D eigenvalue weighted by Crippen LogP contribution is -2.42. The van der Waals surface area contributed by atoms with Crippen molar-refractivity contribution in [1.29, 1.82) is 0 Å². The number of nitrogens with zero attached hydrogens (tertiary/aromatic N) is 4. The molecule has 14 heteroatoms. The van der Waals surface area contributed by atoms with Gasteiger partial charge in [-0.25, -0.2) is 4.98 Å². The first-order chi connectivity index (χ1) is 17.3. The molecule has 1 aliphatic rings. The molecule has 2 aromatic heterocycles. The van der Waals surface area contributed by atoms with E-state index in [2.05, 4.69) is 25.6 Å². The van der Waals surface area contributed by atoms with Crippen molar-refractivity contribution >= 4 is 47.2 Å². The van der Waals surface area contributed by atoms with Gasteiger partial charge in [0.2, 0.25) is 5.95 Å². The number of hydrogen-bond acceptors (Lipinski definition) is 10. The van der Waals surface area contributed by atoms with Gasteiger partial charge in [-0.2, -0.15) is 9.97 Å². The molecule has 3 heterocycles. The maximum atomic E-state index is 12.2. The molecule has 200 valence electrons. The van der Waals surface area contributed by atoms with E-state index < -0.39 is 36.4 Å². The van der Waals surface area contributed by atoms with Gasteiger partial charge in [-0.3, -0.25) is 14.2 Å². The highest BCUT2D eigenvalue weighted by Crippen LogP contribution is 2.32. The molecule has 1 amide bonds. The molecular formula is C23H30ClN7O6. The quantitative estimate of drug-likeness (QED) is 0.208. The number of ether oxygens (including phenoxy) is 1. The van der Waals surface area contributed by atoms with Gasteiger partial charge in [0, 0.05) is 19.5 Å². The number of likely N-dealkylation sites (N-methyl/N-ethyl adjacent to an activating group) is 1. The van der Waals surface area contributed by atoms with Crippen molar-refractivity contribution in [2.45, 2.75) is 50.7 Å². The number of aliphatic hydroxyl groups excluding tert-OH is 2. The first-order valence-corrected chi connectivity index (χ1v) is 11.6. The molecule has 0 bridgehead atoms. The van der Waals surface area contributed by atoms with Crippen molar-refractivity contribution in [2.24, 2.45) is 0 Å². The van der Waals surface area contributed by atoms with Crippen LogP contribution in [0.25, 0.3) is 11.2 Å². The highest BCUT2D eigenvalue weighted by Gasteiger charge is 2.47. The van der Waals surface area contributed by atoms with Crippen LogP contribution >= 0.6 is 12.4 Å². The van der Waals surface area contributed by atoms with Crippen LogP contribution in [0.1, 0.15) is 30.7 Å². The summed E-state index contributed by atoms with van der Waals surface area (Å²) in [5.41, 5.74) is 8.65.